The van der Waals surface area contributed by atoms with Gasteiger partial charge in [0.05, 0.1) is 5.69 Å². The summed E-state index contributed by atoms with van der Waals surface area (Å²) in [5.74, 6) is -0.00265. The van der Waals surface area contributed by atoms with E-state index in [9.17, 15) is 9.59 Å². The molecular weight excluding hydrogens is 314 g/mol. The summed E-state index contributed by atoms with van der Waals surface area (Å²) in [6.07, 6.45) is 0. The Kier molecular flexibility index (Phi) is 5.37. The molecule has 1 aromatic heterocycles. The lowest BCUT2D eigenvalue weighted by molar-refractivity contribution is 0.0783. The van der Waals surface area contributed by atoms with Crippen molar-refractivity contribution in [3.05, 3.63) is 35.0 Å². The van der Waals surface area contributed by atoms with Gasteiger partial charge in [-0.25, -0.2) is 0 Å². The Balaban J connectivity index is 2.52. The highest BCUT2D eigenvalue weighted by molar-refractivity contribution is 6.02. The van der Waals surface area contributed by atoms with Crippen molar-refractivity contribution in [2.45, 2.75) is 33.1 Å². The third-order valence-corrected chi connectivity index (χ3v) is 4.41. The van der Waals surface area contributed by atoms with Gasteiger partial charge in [0.15, 0.2) is 5.78 Å². The second-order valence-electron chi connectivity index (χ2n) is 8.00. The number of ketones is 1. The van der Waals surface area contributed by atoms with Gasteiger partial charge >= 0.3 is 0 Å². The largest absolute Gasteiger partial charge is 0.352 e. The molecule has 2 aromatic rings. The van der Waals surface area contributed by atoms with Crippen LogP contribution in [0.3, 0.4) is 0 Å². The lowest BCUT2D eigenvalue weighted by Gasteiger charge is -2.26. The first kappa shape index (κ1) is 19.2. The lowest BCUT2D eigenvalue weighted by atomic mass is 9.82. The van der Waals surface area contributed by atoms with E-state index in [4.69, 9.17) is 0 Å². The molecule has 0 aliphatic rings. The minimum absolute atomic E-state index is 0.00708. The van der Waals surface area contributed by atoms with Crippen LogP contribution in [-0.2, 0) is 5.41 Å². The fraction of sp³-hybridized carbons (Fsp3) is 0.500. The molecule has 1 aromatic carbocycles. The zero-order valence-electron chi connectivity index (χ0n) is 16.4. The summed E-state index contributed by atoms with van der Waals surface area (Å²) in [5.41, 5.74) is 2.91. The molecule has 25 heavy (non-hydrogen) atoms. The van der Waals surface area contributed by atoms with E-state index in [1.54, 1.807) is 4.90 Å². The standard InChI is InChI=1S/C20H29N3O2/c1-13(24)17-11-14-10-16(20(2,3)4)15(12-18(14)21-17)19(25)23(7)9-8-22(5)6/h10-12,21H,8-9H2,1-7H3. The first-order valence-corrected chi connectivity index (χ1v) is 8.59. The Morgan fingerprint density at radius 2 is 1.68 bits per heavy atom. The average molecular weight is 343 g/mol. The molecule has 0 saturated carbocycles. The van der Waals surface area contributed by atoms with Crippen molar-refractivity contribution in [2.24, 2.45) is 0 Å². The van der Waals surface area contributed by atoms with Crippen LogP contribution in [0.15, 0.2) is 18.2 Å². The molecule has 2 rings (SSSR count). The topological polar surface area (TPSA) is 56.4 Å². The smallest absolute Gasteiger partial charge is 0.254 e. The van der Waals surface area contributed by atoms with E-state index in [0.717, 1.165) is 23.0 Å². The number of likely N-dealkylation sites (N-methyl/N-ethyl adjacent to an activating group) is 2. The van der Waals surface area contributed by atoms with Crippen LogP contribution in [-0.4, -0.2) is 60.7 Å². The molecule has 0 radical (unpaired) electrons. The fourth-order valence-electron chi connectivity index (χ4n) is 2.83. The van der Waals surface area contributed by atoms with Crippen LogP contribution in [0.4, 0.5) is 0 Å². The van der Waals surface area contributed by atoms with Crippen LogP contribution in [0.5, 0.6) is 0 Å². The van der Waals surface area contributed by atoms with Crippen LogP contribution >= 0.6 is 0 Å². The van der Waals surface area contributed by atoms with Crippen molar-refractivity contribution in [3.8, 4) is 0 Å². The quantitative estimate of drug-likeness (QED) is 0.848. The molecule has 1 amide bonds. The van der Waals surface area contributed by atoms with E-state index in [0.29, 0.717) is 17.8 Å². The summed E-state index contributed by atoms with van der Waals surface area (Å²) in [7, 11) is 5.82. The highest BCUT2D eigenvalue weighted by Gasteiger charge is 2.25. The van der Waals surface area contributed by atoms with E-state index in [-0.39, 0.29) is 17.1 Å². The predicted octanol–water partition coefficient (Wildman–Crippen LogP) is 3.30. The van der Waals surface area contributed by atoms with Gasteiger partial charge in [0, 0.05) is 43.5 Å². The Bertz CT molecular complexity index is 797. The number of carbonyl (C=O) groups excluding carboxylic acids is 2. The normalized spacial score (nSPS) is 12.0. The van der Waals surface area contributed by atoms with Crippen LogP contribution in [0.25, 0.3) is 10.9 Å². The molecular formula is C20H29N3O2. The van der Waals surface area contributed by atoms with Gasteiger partial charge in [-0.15, -0.1) is 0 Å². The molecule has 0 aliphatic carbocycles. The molecule has 5 nitrogen and oxygen atoms in total. The summed E-state index contributed by atoms with van der Waals surface area (Å²) in [6, 6.07) is 5.78. The maximum Gasteiger partial charge on any atom is 0.254 e. The number of nitrogens with one attached hydrogen (secondary N) is 1. The van der Waals surface area contributed by atoms with Crippen molar-refractivity contribution in [1.82, 2.24) is 14.8 Å². The van der Waals surface area contributed by atoms with Crippen LogP contribution < -0.4 is 0 Å². The number of aromatic nitrogens is 1. The van der Waals surface area contributed by atoms with Crippen molar-refractivity contribution in [2.75, 3.05) is 34.2 Å². The number of nitrogens with zero attached hydrogens (tertiary/aromatic N) is 2. The van der Waals surface area contributed by atoms with E-state index >= 15 is 0 Å². The van der Waals surface area contributed by atoms with Gasteiger partial charge in [0.1, 0.15) is 0 Å². The predicted molar refractivity (Wildman–Crippen MR) is 103 cm³/mol. The molecule has 0 saturated heterocycles. The van der Waals surface area contributed by atoms with Crippen molar-refractivity contribution >= 4 is 22.6 Å². The minimum Gasteiger partial charge on any atom is -0.352 e. The number of amides is 1. The molecule has 1 heterocycles. The Morgan fingerprint density at radius 1 is 1.04 bits per heavy atom. The number of Topliss-reactive ketones (excluding diaryl/α,β-unsaturated/α-hetero) is 1. The summed E-state index contributed by atoms with van der Waals surface area (Å²) in [4.78, 5) is 31.6. The summed E-state index contributed by atoms with van der Waals surface area (Å²) in [6.45, 7) is 9.32. The van der Waals surface area contributed by atoms with Gasteiger partial charge in [0.25, 0.3) is 5.91 Å². The molecule has 0 aliphatic heterocycles. The van der Waals surface area contributed by atoms with Gasteiger partial charge in [-0.05, 0) is 43.3 Å². The Hall–Kier alpha value is -2.14. The Morgan fingerprint density at radius 3 is 2.20 bits per heavy atom. The third-order valence-electron chi connectivity index (χ3n) is 4.41. The van der Waals surface area contributed by atoms with Gasteiger partial charge in [-0.3, -0.25) is 9.59 Å². The monoisotopic (exact) mass is 343 g/mol. The van der Waals surface area contributed by atoms with Crippen molar-refractivity contribution in [3.63, 3.8) is 0 Å². The van der Waals surface area contributed by atoms with Crippen LogP contribution in [0.2, 0.25) is 0 Å². The summed E-state index contributed by atoms with van der Waals surface area (Å²) in [5, 5.41) is 0.961. The number of hydrogen-bond acceptors (Lipinski definition) is 3. The van der Waals surface area contributed by atoms with Gasteiger partial charge in [0.2, 0.25) is 0 Å². The fourth-order valence-corrected chi connectivity index (χ4v) is 2.83. The third kappa shape index (κ3) is 4.28. The number of H-pyrrole nitrogens is 1. The van der Waals surface area contributed by atoms with E-state index in [2.05, 4.69) is 30.7 Å². The maximum atomic E-state index is 13.0. The van der Waals surface area contributed by atoms with Gasteiger partial charge in [-0.2, -0.15) is 0 Å². The molecule has 0 unspecified atom stereocenters. The minimum atomic E-state index is -0.171. The van der Waals surface area contributed by atoms with Crippen LogP contribution in [0.1, 0.15) is 54.1 Å². The molecule has 136 valence electrons. The van der Waals surface area contributed by atoms with E-state index < -0.39 is 0 Å². The van der Waals surface area contributed by atoms with E-state index in [1.807, 2.05) is 39.3 Å². The lowest BCUT2D eigenvalue weighted by Crippen LogP contribution is -2.34. The molecule has 0 fully saturated rings. The second kappa shape index (κ2) is 7.00. The van der Waals surface area contributed by atoms with Crippen molar-refractivity contribution in [1.29, 1.82) is 0 Å². The number of fused-ring (bicyclic) bond motifs is 1. The van der Waals surface area contributed by atoms with Gasteiger partial charge < -0.3 is 14.8 Å². The highest BCUT2D eigenvalue weighted by atomic mass is 16.2. The zero-order chi connectivity index (χ0) is 18.9. The molecule has 5 heteroatoms. The number of aromatic amines is 1. The first-order chi connectivity index (χ1) is 11.5. The molecule has 0 bridgehead atoms. The number of benzene rings is 1. The SMILES string of the molecule is CC(=O)c1cc2cc(C(C)(C)C)c(C(=O)N(C)CCN(C)C)cc2[nH]1. The van der Waals surface area contributed by atoms with E-state index in [1.165, 1.54) is 6.92 Å². The average Bonchev–Trinajstić information content (AvgIpc) is 2.93. The maximum absolute atomic E-state index is 13.0. The molecule has 1 N–H and O–H groups in total. The number of carbonyl (C=O) groups is 2. The Labute approximate surface area is 150 Å². The molecule has 0 spiro atoms. The summed E-state index contributed by atoms with van der Waals surface area (Å²) >= 11 is 0. The summed E-state index contributed by atoms with van der Waals surface area (Å²) < 4.78 is 0. The zero-order valence-corrected chi connectivity index (χ0v) is 16.4. The number of rotatable bonds is 5. The second-order valence-corrected chi connectivity index (χ2v) is 8.00. The molecule has 0 atom stereocenters. The van der Waals surface area contributed by atoms with Crippen LogP contribution in [0, 0.1) is 0 Å². The van der Waals surface area contributed by atoms with Gasteiger partial charge in [-0.1, -0.05) is 20.8 Å². The first-order valence-electron chi connectivity index (χ1n) is 8.59. The van der Waals surface area contributed by atoms with Crippen molar-refractivity contribution < 1.29 is 9.59 Å². The highest BCUT2D eigenvalue weighted by Crippen LogP contribution is 2.31. The number of hydrogen-bond donors (Lipinski definition) is 1.